The SMILES string of the molecule is CS(=O)(=O)O.FC(F)(F)c1ccc2c(c1)CCC1C(Cc3ccccc3)NCC21. The maximum Gasteiger partial charge on any atom is 0.416 e. The van der Waals surface area contributed by atoms with E-state index in [2.05, 4.69) is 29.6 Å². The summed E-state index contributed by atoms with van der Waals surface area (Å²) in [4.78, 5) is 0. The van der Waals surface area contributed by atoms with E-state index in [0.29, 0.717) is 24.1 Å². The first-order valence-corrected chi connectivity index (χ1v) is 11.3. The Balaban J connectivity index is 0.000000431. The van der Waals surface area contributed by atoms with Gasteiger partial charge in [0.1, 0.15) is 0 Å². The van der Waals surface area contributed by atoms with Crippen LogP contribution in [0, 0.1) is 5.92 Å². The van der Waals surface area contributed by atoms with Gasteiger partial charge in [0.2, 0.25) is 0 Å². The van der Waals surface area contributed by atoms with Gasteiger partial charge in [0.05, 0.1) is 11.8 Å². The first kappa shape index (κ1) is 21.8. The number of fused-ring (bicyclic) bond motifs is 3. The van der Waals surface area contributed by atoms with Gasteiger partial charge in [-0.25, -0.2) is 0 Å². The van der Waals surface area contributed by atoms with Crippen LogP contribution in [0.2, 0.25) is 0 Å². The van der Waals surface area contributed by atoms with Gasteiger partial charge in [-0.05, 0) is 54.0 Å². The van der Waals surface area contributed by atoms with Crippen LogP contribution in [-0.4, -0.2) is 31.8 Å². The van der Waals surface area contributed by atoms with Gasteiger partial charge in [-0.3, -0.25) is 4.55 Å². The minimum absolute atomic E-state index is 0.338. The Morgan fingerprint density at radius 1 is 1.14 bits per heavy atom. The van der Waals surface area contributed by atoms with Crippen LogP contribution in [-0.2, 0) is 29.1 Å². The van der Waals surface area contributed by atoms with Gasteiger partial charge in [-0.15, -0.1) is 0 Å². The molecule has 29 heavy (non-hydrogen) atoms. The van der Waals surface area contributed by atoms with Crippen LogP contribution in [0.5, 0.6) is 0 Å². The molecule has 2 N–H and O–H groups in total. The van der Waals surface area contributed by atoms with Gasteiger partial charge in [0.25, 0.3) is 10.1 Å². The van der Waals surface area contributed by atoms with E-state index in [-0.39, 0.29) is 0 Å². The zero-order valence-corrected chi connectivity index (χ0v) is 16.8. The Morgan fingerprint density at radius 2 is 1.79 bits per heavy atom. The third-order valence-electron chi connectivity index (χ3n) is 5.55. The molecule has 3 atom stereocenters. The highest BCUT2D eigenvalue weighted by molar-refractivity contribution is 7.85. The summed E-state index contributed by atoms with van der Waals surface area (Å²) in [6.45, 7) is 0.862. The van der Waals surface area contributed by atoms with Gasteiger partial charge in [-0.2, -0.15) is 21.6 Å². The molecule has 2 aromatic carbocycles. The zero-order chi connectivity index (χ0) is 21.2. The predicted octanol–water partition coefficient (Wildman–Crippen LogP) is 4.07. The highest BCUT2D eigenvalue weighted by atomic mass is 32.2. The van der Waals surface area contributed by atoms with E-state index < -0.39 is 21.9 Å². The lowest BCUT2D eigenvalue weighted by atomic mass is 9.73. The standard InChI is InChI=1S/C20H20F3N.CH4O3S/c21-20(22,23)15-7-9-16-14(11-15)6-8-17-18(16)12-24-19(17)10-13-4-2-1-3-5-13;1-5(2,3)4/h1-5,7,9,11,17-19,24H,6,8,10,12H2;1H3,(H,2,3,4). The van der Waals surface area contributed by atoms with Crippen LogP contribution in [0.25, 0.3) is 0 Å². The summed E-state index contributed by atoms with van der Waals surface area (Å²) in [6, 6.07) is 15.1. The molecule has 0 bridgehead atoms. The third-order valence-corrected chi connectivity index (χ3v) is 5.55. The van der Waals surface area contributed by atoms with Crippen LogP contribution in [0.3, 0.4) is 0 Å². The summed E-state index contributed by atoms with van der Waals surface area (Å²) < 4.78 is 64.6. The topological polar surface area (TPSA) is 66.4 Å². The molecule has 4 rings (SSSR count). The summed E-state index contributed by atoms with van der Waals surface area (Å²) in [5.41, 5.74) is 2.79. The molecule has 1 aliphatic heterocycles. The van der Waals surface area contributed by atoms with Crippen molar-refractivity contribution in [1.29, 1.82) is 0 Å². The van der Waals surface area contributed by atoms with Gasteiger partial charge < -0.3 is 5.32 Å². The Kier molecular flexibility index (Phi) is 6.36. The fourth-order valence-electron chi connectivity index (χ4n) is 4.38. The van der Waals surface area contributed by atoms with Crippen molar-refractivity contribution in [2.45, 2.75) is 37.4 Å². The molecule has 0 saturated carbocycles. The highest BCUT2D eigenvalue weighted by Crippen LogP contribution is 2.43. The minimum atomic E-state index is -4.25. The van der Waals surface area contributed by atoms with Crippen LogP contribution in [0.1, 0.15) is 34.6 Å². The first-order valence-electron chi connectivity index (χ1n) is 9.42. The molecule has 4 nitrogen and oxygen atoms in total. The largest absolute Gasteiger partial charge is 0.416 e. The van der Waals surface area contributed by atoms with Gasteiger partial charge in [0.15, 0.2) is 0 Å². The van der Waals surface area contributed by atoms with E-state index in [1.165, 1.54) is 17.7 Å². The van der Waals surface area contributed by atoms with E-state index >= 15 is 0 Å². The van der Waals surface area contributed by atoms with E-state index in [9.17, 15) is 21.6 Å². The first-order chi connectivity index (χ1) is 13.5. The maximum absolute atomic E-state index is 12.9. The molecule has 1 heterocycles. The number of alkyl halides is 3. The normalized spacial score (nSPS) is 23.6. The van der Waals surface area contributed by atoms with Crippen LogP contribution in [0.15, 0.2) is 48.5 Å². The molecule has 0 amide bonds. The van der Waals surface area contributed by atoms with Crippen molar-refractivity contribution in [2.75, 3.05) is 12.8 Å². The lowest BCUT2D eigenvalue weighted by molar-refractivity contribution is -0.137. The zero-order valence-electron chi connectivity index (χ0n) is 16.0. The van der Waals surface area contributed by atoms with Crippen molar-refractivity contribution >= 4 is 10.1 Å². The second-order valence-electron chi connectivity index (χ2n) is 7.66. The van der Waals surface area contributed by atoms with E-state index in [0.717, 1.165) is 36.9 Å². The fraction of sp³-hybridized carbons (Fsp3) is 0.429. The van der Waals surface area contributed by atoms with Crippen LogP contribution in [0.4, 0.5) is 13.2 Å². The van der Waals surface area contributed by atoms with Crippen LogP contribution < -0.4 is 5.32 Å². The third kappa shape index (κ3) is 5.81. The molecule has 0 aromatic heterocycles. The van der Waals surface area contributed by atoms with Crippen molar-refractivity contribution < 1.29 is 26.1 Å². The summed E-state index contributed by atoms with van der Waals surface area (Å²) in [7, 11) is -3.67. The lowest BCUT2D eigenvalue weighted by Gasteiger charge is -2.31. The molecule has 2 aromatic rings. The molecule has 0 spiro atoms. The van der Waals surface area contributed by atoms with E-state index in [1.807, 2.05) is 6.07 Å². The second kappa shape index (κ2) is 8.45. The number of rotatable bonds is 2. The highest BCUT2D eigenvalue weighted by Gasteiger charge is 2.40. The molecule has 1 saturated heterocycles. The Labute approximate surface area is 168 Å². The average molecular weight is 427 g/mol. The summed E-state index contributed by atoms with van der Waals surface area (Å²) in [5.74, 6) is 0.846. The second-order valence-corrected chi connectivity index (χ2v) is 9.12. The Bertz CT molecular complexity index is 937. The molecule has 158 valence electrons. The number of halogens is 3. The van der Waals surface area contributed by atoms with E-state index in [4.69, 9.17) is 4.55 Å². The summed E-state index contributed by atoms with van der Waals surface area (Å²) in [5, 5.41) is 3.61. The summed E-state index contributed by atoms with van der Waals surface area (Å²) >= 11 is 0. The average Bonchev–Trinajstić information content (AvgIpc) is 3.03. The fourth-order valence-corrected chi connectivity index (χ4v) is 4.38. The number of hydrogen-bond acceptors (Lipinski definition) is 3. The van der Waals surface area contributed by atoms with E-state index in [1.54, 1.807) is 6.07 Å². The molecule has 3 unspecified atom stereocenters. The van der Waals surface area contributed by atoms with Gasteiger partial charge >= 0.3 is 6.18 Å². The molecule has 8 heteroatoms. The maximum atomic E-state index is 12.9. The van der Waals surface area contributed by atoms with Crippen LogP contribution >= 0.6 is 0 Å². The lowest BCUT2D eigenvalue weighted by Crippen LogP contribution is -2.31. The molecular weight excluding hydrogens is 403 g/mol. The quantitative estimate of drug-likeness (QED) is 0.709. The Hall–Kier alpha value is -1.90. The van der Waals surface area contributed by atoms with Crippen molar-refractivity contribution in [3.63, 3.8) is 0 Å². The Morgan fingerprint density at radius 3 is 2.41 bits per heavy atom. The molecule has 2 aliphatic rings. The number of hydrogen-bond donors (Lipinski definition) is 2. The molecular formula is C21H24F3NO3S. The monoisotopic (exact) mass is 427 g/mol. The van der Waals surface area contributed by atoms with Crippen molar-refractivity contribution in [2.24, 2.45) is 5.92 Å². The molecule has 1 aliphatic carbocycles. The predicted molar refractivity (Wildman–Crippen MR) is 105 cm³/mol. The number of aryl methyl sites for hydroxylation is 1. The van der Waals surface area contributed by atoms with Crippen molar-refractivity contribution in [1.82, 2.24) is 5.32 Å². The summed E-state index contributed by atoms with van der Waals surface area (Å²) in [6.07, 6.45) is -0.850. The number of benzene rings is 2. The number of nitrogens with one attached hydrogen (secondary N) is 1. The van der Waals surface area contributed by atoms with Crippen molar-refractivity contribution in [3.8, 4) is 0 Å². The van der Waals surface area contributed by atoms with Gasteiger partial charge in [-0.1, -0.05) is 36.4 Å². The minimum Gasteiger partial charge on any atom is -0.313 e. The van der Waals surface area contributed by atoms with Gasteiger partial charge in [0, 0.05) is 18.5 Å². The molecule has 1 fully saturated rings. The smallest absolute Gasteiger partial charge is 0.313 e. The molecule has 0 radical (unpaired) electrons. The van der Waals surface area contributed by atoms with Crippen molar-refractivity contribution in [3.05, 3.63) is 70.8 Å².